The Morgan fingerprint density at radius 2 is 2.06 bits per heavy atom. The van der Waals surface area contributed by atoms with Gasteiger partial charge in [-0.1, -0.05) is 20.8 Å². The number of rotatable bonds is 6. The molecule has 0 bridgehead atoms. The van der Waals surface area contributed by atoms with Crippen molar-refractivity contribution in [2.45, 2.75) is 45.7 Å². The summed E-state index contributed by atoms with van der Waals surface area (Å²) in [6.07, 6.45) is 1.39. The summed E-state index contributed by atoms with van der Waals surface area (Å²) in [5.74, 6) is 0.120. The van der Waals surface area contributed by atoms with Crippen LogP contribution in [0, 0.1) is 5.92 Å². The van der Waals surface area contributed by atoms with E-state index < -0.39 is 0 Å². The third-order valence-corrected chi connectivity index (χ3v) is 3.29. The summed E-state index contributed by atoms with van der Waals surface area (Å²) in [6.45, 7) is 7.03. The Kier molecular flexibility index (Phi) is 5.59. The van der Waals surface area contributed by atoms with Crippen molar-refractivity contribution < 1.29 is 14.3 Å². The Morgan fingerprint density at radius 3 is 2.56 bits per heavy atom. The summed E-state index contributed by atoms with van der Waals surface area (Å²) in [4.78, 5) is 26.1. The number of ether oxygens (including phenoxy) is 1. The summed E-state index contributed by atoms with van der Waals surface area (Å²) in [6, 6.07) is -0.716. The molecule has 5 heteroatoms. The van der Waals surface area contributed by atoms with Gasteiger partial charge >= 0.3 is 0 Å². The van der Waals surface area contributed by atoms with Gasteiger partial charge in [-0.3, -0.25) is 9.59 Å². The fourth-order valence-electron chi connectivity index (χ4n) is 2.37. The number of piperazine rings is 1. The average molecular weight is 256 g/mol. The molecule has 1 aliphatic heterocycles. The quantitative estimate of drug-likeness (QED) is 0.715. The first-order chi connectivity index (χ1) is 8.52. The highest BCUT2D eigenvalue weighted by molar-refractivity contribution is 5.97. The first-order valence-corrected chi connectivity index (χ1v) is 6.62. The van der Waals surface area contributed by atoms with E-state index in [1.54, 1.807) is 12.0 Å². The molecule has 1 rings (SSSR count). The first kappa shape index (κ1) is 15.0. The van der Waals surface area contributed by atoms with Gasteiger partial charge < -0.3 is 15.0 Å². The molecule has 2 amide bonds. The molecule has 1 N–H and O–H groups in total. The molecule has 1 aliphatic rings. The van der Waals surface area contributed by atoms with Crippen molar-refractivity contribution in [3.63, 3.8) is 0 Å². The molecule has 0 aromatic rings. The van der Waals surface area contributed by atoms with Crippen LogP contribution in [-0.2, 0) is 14.3 Å². The van der Waals surface area contributed by atoms with Crippen molar-refractivity contribution in [3.8, 4) is 0 Å². The van der Waals surface area contributed by atoms with Crippen molar-refractivity contribution in [1.82, 2.24) is 10.2 Å². The third kappa shape index (κ3) is 3.22. The minimum absolute atomic E-state index is 0.0335. The van der Waals surface area contributed by atoms with Crippen molar-refractivity contribution >= 4 is 11.8 Å². The Balaban J connectivity index is 2.80. The Hall–Kier alpha value is -1.10. The standard InChI is InChI=1S/C13H24N2O3/c1-5-10-13(17)15(7-6-8-18-4)11(9(2)3)12(16)14-10/h9-11H,5-8H2,1-4H3,(H,14,16). The monoisotopic (exact) mass is 256 g/mol. The van der Waals surface area contributed by atoms with Gasteiger partial charge in [0.2, 0.25) is 11.8 Å². The number of methoxy groups -OCH3 is 1. The van der Waals surface area contributed by atoms with E-state index >= 15 is 0 Å². The van der Waals surface area contributed by atoms with Crippen molar-refractivity contribution in [3.05, 3.63) is 0 Å². The van der Waals surface area contributed by atoms with Crippen LogP contribution in [0.1, 0.15) is 33.6 Å². The molecule has 0 aromatic heterocycles. The van der Waals surface area contributed by atoms with Crippen LogP contribution in [0.3, 0.4) is 0 Å². The predicted octanol–water partition coefficient (Wildman–Crippen LogP) is 0.784. The largest absolute Gasteiger partial charge is 0.385 e. The number of nitrogens with one attached hydrogen (secondary N) is 1. The lowest BCUT2D eigenvalue weighted by Crippen LogP contribution is -2.64. The van der Waals surface area contributed by atoms with Gasteiger partial charge in [-0.15, -0.1) is 0 Å². The van der Waals surface area contributed by atoms with E-state index in [-0.39, 0.29) is 29.8 Å². The van der Waals surface area contributed by atoms with Gasteiger partial charge in [0.15, 0.2) is 0 Å². The predicted molar refractivity (Wildman–Crippen MR) is 69.1 cm³/mol. The van der Waals surface area contributed by atoms with E-state index in [1.807, 2.05) is 20.8 Å². The van der Waals surface area contributed by atoms with Gasteiger partial charge in [-0.05, 0) is 18.8 Å². The van der Waals surface area contributed by atoms with Crippen LogP contribution < -0.4 is 5.32 Å². The second-order valence-corrected chi connectivity index (χ2v) is 5.04. The highest BCUT2D eigenvalue weighted by Crippen LogP contribution is 2.18. The summed E-state index contributed by atoms with van der Waals surface area (Å²) in [7, 11) is 1.64. The van der Waals surface area contributed by atoms with Crippen LogP contribution in [0.25, 0.3) is 0 Å². The lowest BCUT2D eigenvalue weighted by Gasteiger charge is -2.40. The summed E-state index contributed by atoms with van der Waals surface area (Å²) in [5.41, 5.74) is 0. The number of amides is 2. The van der Waals surface area contributed by atoms with Crippen molar-refractivity contribution in [2.24, 2.45) is 5.92 Å². The molecule has 1 heterocycles. The molecule has 2 unspecified atom stereocenters. The van der Waals surface area contributed by atoms with Gasteiger partial charge in [0.05, 0.1) is 0 Å². The topological polar surface area (TPSA) is 58.6 Å². The van der Waals surface area contributed by atoms with E-state index in [1.165, 1.54) is 0 Å². The number of carbonyl (C=O) groups excluding carboxylic acids is 2. The maximum absolute atomic E-state index is 12.3. The van der Waals surface area contributed by atoms with Gasteiger partial charge in [-0.2, -0.15) is 0 Å². The fourth-order valence-corrected chi connectivity index (χ4v) is 2.37. The van der Waals surface area contributed by atoms with E-state index in [0.29, 0.717) is 19.6 Å². The van der Waals surface area contributed by atoms with Crippen LogP contribution in [0.15, 0.2) is 0 Å². The van der Waals surface area contributed by atoms with E-state index in [4.69, 9.17) is 4.74 Å². The van der Waals surface area contributed by atoms with Gasteiger partial charge in [0.25, 0.3) is 0 Å². The average Bonchev–Trinajstić information content (AvgIpc) is 2.32. The SMILES string of the molecule is CCC1NC(=O)C(C(C)C)N(CCCOC)C1=O. The molecular weight excluding hydrogens is 232 g/mol. The van der Waals surface area contributed by atoms with E-state index in [2.05, 4.69) is 5.32 Å². The number of nitrogens with zero attached hydrogens (tertiary/aromatic N) is 1. The maximum atomic E-state index is 12.3. The van der Waals surface area contributed by atoms with Gasteiger partial charge in [0.1, 0.15) is 12.1 Å². The number of carbonyl (C=O) groups is 2. The lowest BCUT2D eigenvalue weighted by molar-refractivity contribution is -0.151. The van der Waals surface area contributed by atoms with Crippen LogP contribution in [-0.4, -0.2) is 49.1 Å². The number of hydrogen-bond acceptors (Lipinski definition) is 3. The molecule has 0 saturated carbocycles. The molecule has 18 heavy (non-hydrogen) atoms. The van der Waals surface area contributed by atoms with Crippen molar-refractivity contribution in [1.29, 1.82) is 0 Å². The first-order valence-electron chi connectivity index (χ1n) is 6.62. The Morgan fingerprint density at radius 1 is 1.39 bits per heavy atom. The lowest BCUT2D eigenvalue weighted by atomic mass is 9.96. The Bertz CT molecular complexity index is 305. The molecule has 2 atom stereocenters. The van der Waals surface area contributed by atoms with Crippen LogP contribution in [0.4, 0.5) is 0 Å². The maximum Gasteiger partial charge on any atom is 0.245 e. The van der Waals surface area contributed by atoms with Crippen molar-refractivity contribution in [2.75, 3.05) is 20.3 Å². The number of hydrogen-bond donors (Lipinski definition) is 1. The molecule has 5 nitrogen and oxygen atoms in total. The summed E-state index contributed by atoms with van der Waals surface area (Å²) in [5, 5.41) is 2.81. The van der Waals surface area contributed by atoms with Gasteiger partial charge in [0, 0.05) is 20.3 Å². The van der Waals surface area contributed by atoms with E-state index in [9.17, 15) is 9.59 Å². The minimum atomic E-state index is -0.366. The van der Waals surface area contributed by atoms with Crippen LogP contribution >= 0.6 is 0 Å². The zero-order valence-corrected chi connectivity index (χ0v) is 11.7. The van der Waals surface area contributed by atoms with Crippen LogP contribution in [0.2, 0.25) is 0 Å². The second-order valence-electron chi connectivity index (χ2n) is 5.04. The smallest absolute Gasteiger partial charge is 0.245 e. The molecule has 104 valence electrons. The third-order valence-electron chi connectivity index (χ3n) is 3.29. The normalized spacial score (nSPS) is 24.6. The molecule has 1 fully saturated rings. The highest BCUT2D eigenvalue weighted by Gasteiger charge is 2.40. The molecule has 0 spiro atoms. The van der Waals surface area contributed by atoms with Crippen LogP contribution in [0.5, 0.6) is 0 Å². The molecule has 0 radical (unpaired) electrons. The second kappa shape index (κ2) is 6.73. The fraction of sp³-hybridized carbons (Fsp3) is 0.846. The highest BCUT2D eigenvalue weighted by atomic mass is 16.5. The molecule has 1 saturated heterocycles. The molecule has 0 aromatic carbocycles. The van der Waals surface area contributed by atoms with Gasteiger partial charge in [-0.25, -0.2) is 0 Å². The minimum Gasteiger partial charge on any atom is -0.385 e. The Labute approximate surface area is 109 Å². The zero-order valence-electron chi connectivity index (χ0n) is 11.7. The summed E-state index contributed by atoms with van der Waals surface area (Å²) < 4.78 is 5.01. The molecular formula is C13H24N2O3. The molecule has 0 aliphatic carbocycles. The zero-order chi connectivity index (χ0) is 13.7. The summed E-state index contributed by atoms with van der Waals surface area (Å²) >= 11 is 0. The van der Waals surface area contributed by atoms with E-state index in [0.717, 1.165) is 6.42 Å².